The smallest absolute Gasteiger partial charge is 0.123 e. The Hall–Kier alpha value is -2.40. The lowest BCUT2D eigenvalue weighted by Gasteiger charge is -2.30. The summed E-state index contributed by atoms with van der Waals surface area (Å²) in [4.78, 5) is 0. The second-order valence-electron chi connectivity index (χ2n) is 7.28. The Morgan fingerprint density at radius 1 is 0.733 bits per heavy atom. The third kappa shape index (κ3) is 4.84. The first-order valence-corrected chi connectivity index (χ1v) is 13.3. The molecule has 1 aliphatic rings. The van der Waals surface area contributed by atoms with Crippen LogP contribution in [0.25, 0.3) is 0 Å². The highest BCUT2D eigenvalue weighted by Gasteiger charge is 2.28. The zero-order chi connectivity index (χ0) is 20.8. The van der Waals surface area contributed by atoms with Gasteiger partial charge in [0.15, 0.2) is 0 Å². The molecule has 2 nitrogen and oxygen atoms in total. The van der Waals surface area contributed by atoms with E-state index >= 15 is 0 Å². The van der Waals surface area contributed by atoms with Crippen molar-refractivity contribution < 1.29 is 10.2 Å². The summed E-state index contributed by atoms with van der Waals surface area (Å²) in [5.74, 6) is 0.874. The van der Waals surface area contributed by atoms with Gasteiger partial charge in [0.25, 0.3) is 0 Å². The van der Waals surface area contributed by atoms with Gasteiger partial charge < -0.3 is 10.2 Å². The Labute approximate surface area is 181 Å². The van der Waals surface area contributed by atoms with Gasteiger partial charge in [0.2, 0.25) is 0 Å². The Balaban J connectivity index is 1.65. The molecule has 0 aliphatic heterocycles. The molecule has 2 unspecified atom stereocenters. The van der Waals surface area contributed by atoms with E-state index in [-0.39, 0.29) is 5.66 Å². The number of phenols is 1. The minimum atomic E-state index is -0.683. The summed E-state index contributed by atoms with van der Waals surface area (Å²) in [5, 5.41) is 24.9. The number of phenolic OH excluding ortho intramolecular Hbond substituents is 1. The van der Waals surface area contributed by atoms with E-state index in [1.54, 1.807) is 6.07 Å². The molecule has 0 saturated heterocycles. The number of aliphatic hydroxyl groups is 1. The van der Waals surface area contributed by atoms with Crippen LogP contribution in [0.1, 0.15) is 6.42 Å². The van der Waals surface area contributed by atoms with Crippen LogP contribution in [0.5, 0.6) is 5.75 Å². The van der Waals surface area contributed by atoms with Crippen molar-refractivity contribution in [1.82, 2.24) is 0 Å². The van der Waals surface area contributed by atoms with Gasteiger partial charge >= 0.3 is 0 Å². The molecule has 3 atom stereocenters. The first kappa shape index (κ1) is 20.9. The van der Waals surface area contributed by atoms with Crippen LogP contribution in [0.15, 0.2) is 109 Å². The van der Waals surface area contributed by atoms with Gasteiger partial charge in [-0.15, -0.1) is 0 Å². The van der Waals surface area contributed by atoms with Crippen LogP contribution in [0, 0.1) is 0 Å². The SMILES string of the molecule is OC1=CC=CCC1P(CC[P@@](c1ccccc1)c1ccccc1O)c1ccccc1. The number of aromatic hydroxyl groups is 1. The number of allylic oxidation sites excluding steroid dienone is 4. The Kier molecular flexibility index (Phi) is 7.00. The summed E-state index contributed by atoms with van der Waals surface area (Å²) >= 11 is 0. The van der Waals surface area contributed by atoms with E-state index in [1.165, 1.54) is 10.6 Å². The molecule has 2 N–H and O–H groups in total. The molecule has 4 heteroatoms. The van der Waals surface area contributed by atoms with E-state index < -0.39 is 15.8 Å². The standard InChI is InChI=1S/C26H26O2P2/c27-23-15-7-9-17-25(23)29(21-11-3-1-4-12-21)19-20-30(22-13-5-2-6-14-22)26-18-10-8-16-24(26)28/h1-17,26-28H,18-20H2/t26?,29-,30?/m0/s1. The molecule has 0 amide bonds. The summed E-state index contributed by atoms with van der Waals surface area (Å²) in [6, 6.07) is 28.9. The molecule has 3 aromatic rings. The van der Waals surface area contributed by atoms with Gasteiger partial charge in [-0.3, -0.25) is 0 Å². The van der Waals surface area contributed by atoms with Crippen molar-refractivity contribution in [1.29, 1.82) is 0 Å². The van der Waals surface area contributed by atoms with Crippen molar-refractivity contribution in [3.8, 4) is 5.75 Å². The van der Waals surface area contributed by atoms with E-state index in [0.29, 0.717) is 11.5 Å². The van der Waals surface area contributed by atoms with Crippen LogP contribution in [0.4, 0.5) is 0 Å². The average Bonchev–Trinajstić information content (AvgIpc) is 2.80. The van der Waals surface area contributed by atoms with E-state index in [4.69, 9.17) is 0 Å². The second-order valence-corrected chi connectivity index (χ2v) is 12.1. The molecule has 1 aliphatic carbocycles. The van der Waals surface area contributed by atoms with Gasteiger partial charge in [-0.1, -0.05) is 98.9 Å². The number of benzene rings is 3. The topological polar surface area (TPSA) is 40.5 Å². The van der Waals surface area contributed by atoms with Gasteiger partial charge in [-0.25, -0.2) is 0 Å². The Bertz CT molecular complexity index is 1020. The number of hydrogen-bond donors (Lipinski definition) is 2. The molecule has 0 radical (unpaired) electrons. The highest BCUT2D eigenvalue weighted by atomic mass is 31.1. The summed E-state index contributed by atoms with van der Waals surface area (Å²) in [6.07, 6.45) is 8.81. The number of rotatable bonds is 7. The largest absolute Gasteiger partial charge is 0.512 e. The quantitative estimate of drug-likeness (QED) is 0.491. The summed E-state index contributed by atoms with van der Waals surface area (Å²) in [7, 11) is -1.25. The maximum absolute atomic E-state index is 10.6. The molecule has 0 heterocycles. The fourth-order valence-corrected chi connectivity index (χ4v) is 9.73. The number of aliphatic hydroxyl groups excluding tert-OH is 1. The summed E-state index contributed by atoms with van der Waals surface area (Å²) < 4.78 is 0. The Morgan fingerprint density at radius 3 is 2.03 bits per heavy atom. The monoisotopic (exact) mass is 432 g/mol. The zero-order valence-electron chi connectivity index (χ0n) is 16.8. The van der Waals surface area contributed by atoms with E-state index in [9.17, 15) is 10.2 Å². The van der Waals surface area contributed by atoms with Crippen molar-refractivity contribution in [2.24, 2.45) is 0 Å². The first-order chi connectivity index (χ1) is 14.7. The van der Waals surface area contributed by atoms with Crippen molar-refractivity contribution in [2.45, 2.75) is 12.1 Å². The summed E-state index contributed by atoms with van der Waals surface area (Å²) in [5.41, 5.74) is 0.157. The van der Waals surface area contributed by atoms with Crippen molar-refractivity contribution in [3.05, 3.63) is 109 Å². The summed E-state index contributed by atoms with van der Waals surface area (Å²) in [6.45, 7) is 0. The molecule has 0 saturated carbocycles. The lowest BCUT2D eigenvalue weighted by Crippen LogP contribution is -2.22. The minimum absolute atomic E-state index is 0.157. The molecule has 0 aromatic heterocycles. The van der Waals surface area contributed by atoms with E-state index in [1.807, 2.05) is 36.4 Å². The molecule has 30 heavy (non-hydrogen) atoms. The van der Waals surface area contributed by atoms with Crippen LogP contribution in [-0.4, -0.2) is 28.2 Å². The highest BCUT2D eigenvalue weighted by Crippen LogP contribution is 2.49. The lowest BCUT2D eigenvalue weighted by molar-refractivity contribution is 0.390. The van der Waals surface area contributed by atoms with Gasteiger partial charge in [0, 0.05) is 11.0 Å². The van der Waals surface area contributed by atoms with Crippen LogP contribution in [0.2, 0.25) is 0 Å². The van der Waals surface area contributed by atoms with Crippen molar-refractivity contribution in [2.75, 3.05) is 12.3 Å². The maximum Gasteiger partial charge on any atom is 0.123 e. The molecule has 0 spiro atoms. The highest BCUT2D eigenvalue weighted by molar-refractivity contribution is 7.74. The fourth-order valence-electron chi connectivity index (χ4n) is 3.87. The van der Waals surface area contributed by atoms with Gasteiger partial charge in [0.05, 0.1) is 0 Å². The molecule has 4 rings (SSSR count). The zero-order valence-corrected chi connectivity index (χ0v) is 18.6. The van der Waals surface area contributed by atoms with E-state index in [2.05, 4.69) is 60.7 Å². The molecule has 152 valence electrons. The van der Waals surface area contributed by atoms with Gasteiger partial charge in [0.1, 0.15) is 11.5 Å². The lowest BCUT2D eigenvalue weighted by atomic mass is 10.1. The molecule has 0 fully saturated rings. The molecular weight excluding hydrogens is 406 g/mol. The fraction of sp³-hybridized carbons (Fsp3) is 0.154. The van der Waals surface area contributed by atoms with Crippen LogP contribution in [0.3, 0.4) is 0 Å². The van der Waals surface area contributed by atoms with Crippen LogP contribution in [-0.2, 0) is 0 Å². The first-order valence-electron chi connectivity index (χ1n) is 10.2. The normalized spacial score (nSPS) is 17.9. The van der Waals surface area contributed by atoms with Crippen LogP contribution < -0.4 is 15.9 Å². The van der Waals surface area contributed by atoms with Crippen molar-refractivity contribution in [3.63, 3.8) is 0 Å². The third-order valence-electron chi connectivity index (χ3n) is 5.37. The third-order valence-corrected chi connectivity index (χ3v) is 11.2. The van der Waals surface area contributed by atoms with E-state index in [0.717, 1.165) is 24.0 Å². The number of para-hydroxylation sites is 1. The minimum Gasteiger partial charge on any atom is -0.512 e. The van der Waals surface area contributed by atoms with Crippen molar-refractivity contribution >= 4 is 31.8 Å². The molecular formula is C26H26O2P2. The molecule has 0 bridgehead atoms. The van der Waals surface area contributed by atoms with Gasteiger partial charge in [-0.05, 0) is 49.4 Å². The average molecular weight is 432 g/mol. The predicted molar refractivity (Wildman–Crippen MR) is 132 cm³/mol. The van der Waals surface area contributed by atoms with Crippen LogP contribution >= 0.6 is 15.8 Å². The maximum atomic E-state index is 10.6. The number of hydrogen-bond acceptors (Lipinski definition) is 2. The predicted octanol–water partition coefficient (Wildman–Crippen LogP) is 5.40. The Morgan fingerprint density at radius 2 is 1.37 bits per heavy atom. The molecule has 3 aromatic carbocycles. The van der Waals surface area contributed by atoms with Gasteiger partial charge in [-0.2, -0.15) is 0 Å². The second kappa shape index (κ2) is 10.1.